The van der Waals surface area contributed by atoms with Crippen LogP contribution in [0.5, 0.6) is 0 Å². The summed E-state index contributed by atoms with van der Waals surface area (Å²) >= 11 is 0. The number of hydrogen-bond acceptors (Lipinski definition) is 4. The van der Waals surface area contributed by atoms with E-state index in [-0.39, 0.29) is 0 Å². The number of likely N-dealkylation sites (tertiary alicyclic amines) is 1. The van der Waals surface area contributed by atoms with Crippen molar-refractivity contribution in [2.45, 2.75) is 65.1 Å². The Kier molecular flexibility index (Phi) is 4.91. The topological polar surface area (TPSA) is 46.0 Å². The molecule has 5 heteroatoms. The molecule has 1 fully saturated rings. The lowest BCUT2D eigenvalue weighted by Crippen LogP contribution is -2.41. The molecule has 0 amide bonds. The predicted molar refractivity (Wildman–Crippen MR) is 84.1 cm³/mol. The molecule has 2 aliphatic rings. The monoisotopic (exact) mass is 291 g/mol. The molecule has 1 N–H and O–H groups in total. The van der Waals surface area contributed by atoms with Crippen molar-refractivity contribution in [3.63, 3.8) is 0 Å². The smallest absolute Gasteiger partial charge is 0.147 e. The summed E-state index contributed by atoms with van der Waals surface area (Å²) in [6.45, 7) is 10.1. The van der Waals surface area contributed by atoms with E-state index < -0.39 is 0 Å². The number of fused-ring (bicyclic) bond motifs is 1. The van der Waals surface area contributed by atoms with Gasteiger partial charge in [0.05, 0.1) is 6.54 Å². The minimum atomic E-state index is 0.587. The minimum absolute atomic E-state index is 0.587. The zero-order valence-corrected chi connectivity index (χ0v) is 13.5. The number of aromatic nitrogens is 3. The van der Waals surface area contributed by atoms with Crippen LogP contribution in [0.1, 0.15) is 51.2 Å². The first-order chi connectivity index (χ1) is 10.2. The van der Waals surface area contributed by atoms with Crippen LogP contribution in [0.3, 0.4) is 0 Å². The van der Waals surface area contributed by atoms with Gasteiger partial charge in [0.2, 0.25) is 0 Å². The van der Waals surface area contributed by atoms with Crippen molar-refractivity contribution in [3.05, 3.63) is 11.6 Å². The molecule has 118 valence electrons. The average Bonchev–Trinajstić information content (AvgIpc) is 2.89. The van der Waals surface area contributed by atoms with E-state index in [1.165, 1.54) is 50.4 Å². The van der Waals surface area contributed by atoms with Crippen LogP contribution in [0.2, 0.25) is 0 Å². The molecule has 1 atom stereocenters. The van der Waals surface area contributed by atoms with Crippen molar-refractivity contribution >= 4 is 0 Å². The van der Waals surface area contributed by atoms with Crippen LogP contribution in [0.4, 0.5) is 0 Å². The fourth-order valence-electron chi connectivity index (χ4n) is 3.55. The van der Waals surface area contributed by atoms with Crippen molar-refractivity contribution < 1.29 is 0 Å². The number of nitrogens with zero attached hydrogens (tertiary/aromatic N) is 4. The first-order valence-electron chi connectivity index (χ1n) is 8.59. The number of rotatable bonds is 5. The Morgan fingerprint density at radius 3 is 2.95 bits per heavy atom. The fraction of sp³-hybridized carbons (Fsp3) is 0.875. The summed E-state index contributed by atoms with van der Waals surface area (Å²) in [4.78, 5) is 2.57. The van der Waals surface area contributed by atoms with Gasteiger partial charge in [-0.1, -0.05) is 13.8 Å². The van der Waals surface area contributed by atoms with Gasteiger partial charge in [0.25, 0.3) is 0 Å². The second kappa shape index (κ2) is 6.88. The number of hydrogen-bond donors (Lipinski definition) is 1. The van der Waals surface area contributed by atoms with E-state index in [0.29, 0.717) is 6.04 Å². The maximum atomic E-state index is 4.45. The van der Waals surface area contributed by atoms with Crippen molar-refractivity contribution in [2.75, 3.05) is 19.6 Å². The molecule has 0 bridgehead atoms. The molecule has 0 saturated carbocycles. The molecule has 0 aliphatic carbocycles. The highest BCUT2D eigenvalue weighted by molar-refractivity contribution is 4.99. The van der Waals surface area contributed by atoms with Crippen molar-refractivity contribution in [1.82, 2.24) is 25.0 Å². The Morgan fingerprint density at radius 1 is 1.19 bits per heavy atom. The number of piperidine rings is 1. The van der Waals surface area contributed by atoms with Crippen LogP contribution in [0, 0.1) is 5.92 Å². The highest BCUT2D eigenvalue weighted by Crippen LogP contribution is 2.20. The van der Waals surface area contributed by atoms with E-state index in [1.807, 2.05) is 0 Å². The van der Waals surface area contributed by atoms with Gasteiger partial charge in [0.15, 0.2) is 0 Å². The van der Waals surface area contributed by atoms with Crippen LogP contribution in [0.25, 0.3) is 0 Å². The van der Waals surface area contributed by atoms with E-state index in [1.54, 1.807) is 0 Å². The SMILES string of the molecule is CC(C)NCC1CCCN(Cc2nnc3n2CCCC3)C1. The first kappa shape index (κ1) is 15.0. The lowest BCUT2D eigenvalue weighted by atomic mass is 9.97. The highest BCUT2D eigenvalue weighted by atomic mass is 15.3. The molecule has 1 saturated heterocycles. The average molecular weight is 291 g/mol. The Morgan fingerprint density at radius 2 is 2.10 bits per heavy atom. The number of aryl methyl sites for hydroxylation is 1. The van der Waals surface area contributed by atoms with E-state index in [4.69, 9.17) is 0 Å². The van der Waals surface area contributed by atoms with Gasteiger partial charge in [0.1, 0.15) is 11.6 Å². The second-order valence-corrected chi connectivity index (χ2v) is 6.95. The van der Waals surface area contributed by atoms with Crippen molar-refractivity contribution in [2.24, 2.45) is 5.92 Å². The third-order valence-corrected chi connectivity index (χ3v) is 4.72. The quantitative estimate of drug-likeness (QED) is 0.899. The molecule has 1 aromatic heterocycles. The van der Waals surface area contributed by atoms with Gasteiger partial charge in [-0.15, -0.1) is 10.2 Å². The van der Waals surface area contributed by atoms with Crippen LogP contribution < -0.4 is 5.32 Å². The molecule has 0 spiro atoms. The Hall–Kier alpha value is -0.940. The Labute approximate surface area is 128 Å². The third kappa shape index (κ3) is 3.83. The van der Waals surface area contributed by atoms with E-state index >= 15 is 0 Å². The van der Waals surface area contributed by atoms with Crippen molar-refractivity contribution in [1.29, 1.82) is 0 Å². The lowest BCUT2D eigenvalue weighted by Gasteiger charge is -2.33. The molecule has 1 unspecified atom stereocenters. The van der Waals surface area contributed by atoms with Crippen LogP contribution in [-0.4, -0.2) is 45.3 Å². The lowest BCUT2D eigenvalue weighted by molar-refractivity contribution is 0.158. The minimum Gasteiger partial charge on any atom is -0.314 e. The predicted octanol–water partition coefficient (Wildman–Crippen LogP) is 1.82. The maximum Gasteiger partial charge on any atom is 0.147 e. The van der Waals surface area contributed by atoms with E-state index in [0.717, 1.165) is 32.0 Å². The molecule has 0 aromatic carbocycles. The second-order valence-electron chi connectivity index (χ2n) is 6.95. The third-order valence-electron chi connectivity index (χ3n) is 4.72. The Balaban J connectivity index is 1.56. The molecule has 5 nitrogen and oxygen atoms in total. The first-order valence-corrected chi connectivity index (χ1v) is 8.59. The summed E-state index contributed by atoms with van der Waals surface area (Å²) in [6, 6.07) is 0.587. The van der Waals surface area contributed by atoms with Gasteiger partial charge in [-0.05, 0) is 44.7 Å². The molecular formula is C16H29N5. The summed E-state index contributed by atoms with van der Waals surface area (Å²) in [5.41, 5.74) is 0. The van der Waals surface area contributed by atoms with Gasteiger partial charge in [-0.3, -0.25) is 4.90 Å². The van der Waals surface area contributed by atoms with Crippen LogP contribution in [-0.2, 0) is 19.5 Å². The summed E-state index contributed by atoms with van der Waals surface area (Å²) in [5, 5.41) is 12.4. The summed E-state index contributed by atoms with van der Waals surface area (Å²) in [5.74, 6) is 3.17. The summed E-state index contributed by atoms with van der Waals surface area (Å²) in [7, 11) is 0. The highest BCUT2D eigenvalue weighted by Gasteiger charge is 2.23. The normalized spacial score (nSPS) is 23.5. The largest absolute Gasteiger partial charge is 0.314 e. The van der Waals surface area contributed by atoms with Gasteiger partial charge in [-0.2, -0.15) is 0 Å². The molecule has 1 aromatic rings. The van der Waals surface area contributed by atoms with Crippen LogP contribution >= 0.6 is 0 Å². The van der Waals surface area contributed by atoms with E-state index in [9.17, 15) is 0 Å². The standard InChI is InChI=1S/C16H29N5/c1-13(2)17-10-14-6-5-8-20(11-14)12-16-19-18-15-7-3-4-9-21(15)16/h13-14,17H,3-12H2,1-2H3. The molecule has 3 rings (SSSR count). The molecule has 0 radical (unpaired) electrons. The zero-order valence-electron chi connectivity index (χ0n) is 13.5. The summed E-state index contributed by atoms with van der Waals surface area (Å²) in [6.07, 6.45) is 6.32. The van der Waals surface area contributed by atoms with Gasteiger partial charge < -0.3 is 9.88 Å². The maximum absolute atomic E-state index is 4.45. The fourth-order valence-corrected chi connectivity index (χ4v) is 3.55. The Bertz CT molecular complexity index is 454. The molecule has 21 heavy (non-hydrogen) atoms. The zero-order chi connectivity index (χ0) is 14.7. The van der Waals surface area contributed by atoms with Gasteiger partial charge in [-0.25, -0.2) is 0 Å². The molecule has 2 aliphatic heterocycles. The molecule has 3 heterocycles. The summed E-state index contributed by atoms with van der Waals surface area (Å²) < 4.78 is 2.36. The molecular weight excluding hydrogens is 262 g/mol. The van der Waals surface area contributed by atoms with Crippen LogP contribution in [0.15, 0.2) is 0 Å². The number of nitrogens with one attached hydrogen (secondary N) is 1. The van der Waals surface area contributed by atoms with Gasteiger partial charge in [0, 0.05) is 25.6 Å². The van der Waals surface area contributed by atoms with Gasteiger partial charge >= 0.3 is 0 Å². The van der Waals surface area contributed by atoms with Crippen molar-refractivity contribution in [3.8, 4) is 0 Å². The van der Waals surface area contributed by atoms with E-state index in [2.05, 4.69) is 38.8 Å².